The fraction of sp³-hybridized carbons (Fsp3) is 0. The molecule has 0 saturated heterocycles. The van der Waals surface area contributed by atoms with Crippen molar-refractivity contribution in [3.05, 3.63) is 22.9 Å². The van der Waals surface area contributed by atoms with Gasteiger partial charge in [0.25, 0.3) is 0 Å². The van der Waals surface area contributed by atoms with Gasteiger partial charge in [0.2, 0.25) is 0 Å². The molecule has 0 unspecified atom stereocenters. The van der Waals surface area contributed by atoms with Crippen LogP contribution in [-0.2, 0) is 0 Å². The lowest BCUT2D eigenvalue weighted by Gasteiger charge is -1.89. The van der Waals surface area contributed by atoms with Gasteiger partial charge in [0.15, 0.2) is 5.82 Å². The molecular weight excluding hydrogens is 190 g/mol. The minimum Gasteiger partial charge on any atom is -0.308 e. The highest BCUT2D eigenvalue weighted by atomic mass is 32.1. The number of hydrogen-bond acceptors (Lipinski definition) is 5. The molecule has 0 radical (unpaired) electrons. The Labute approximate surface area is 77.8 Å². The number of hydrogen-bond donors (Lipinski definition) is 2. The first-order valence-corrected chi connectivity index (χ1v) is 5.12. The lowest BCUT2D eigenvalue weighted by atomic mass is 10.5. The third kappa shape index (κ3) is 1.34. The summed E-state index contributed by atoms with van der Waals surface area (Å²) < 4.78 is 0. The molecule has 0 atom stereocenters. The van der Waals surface area contributed by atoms with Crippen molar-refractivity contribution in [1.29, 1.82) is 0 Å². The Morgan fingerprint density at radius 2 is 2.33 bits per heavy atom. The summed E-state index contributed by atoms with van der Waals surface area (Å²) in [7, 11) is 0. The van der Waals surface area contributed by atoms with E-state index in [2.05, 4.69) is 10.4 Å². The van der Waals surface area contributed by atoms with Crippen molar-refractivity contribution in [1.82, 2.24) is 4.98 Å². The molecule has 0 amide bonds. The SMILES string of the molecule is NNc1csc(-c2cccs2)n1. The lowest BCUT2D eigenvalue weighted by molar-refractivity contribution is 1.27. The molecule has 62 valence electrons. The molecule has 3 N–H and O–H groups in total. The standard InChI is InChI=1S/C7H7N3S2/c8-10-6-4-12-7(9-6)5-2-1-3-11-5/h1-4,10H,8H2. The summed E-state index contributed by atoms with van der Waals surface area (Å²) in [5.41, 5.74) is 2.51. The van der Waals surface area contributed by atoms with Crippen LogP contribution in [0, 0.1) is 0 Å². The van der Waals surface area contributed by atoms with Gasteiger partial charge in [-0.3, -0.25) is 0 Å². The maximum Gasteiger partial charge on any atom is 0.151 e. The van der Waals surface area contributed by atoms with Crippen LogP contribution in [0.5, 0.6) is 0 Å². The zero-order chi connectivity index (χ0) is 8.39. The molecule has 0 spiro atoms. The van der Waals surface area contributed by atoms with E-state index < -0.39 is 0 Å². The molecule has 2 aromatic rings. The van der Waals surface area contributed by atoms with Gasteiger partial charge in [-0.05, 0) is 11.4 Å². The monoisotopic (exact) mass is 197 g/mol. The number of nitrogens with one attached hydrogen (secondary N) is 1. The van der Waals surface area contributed by atoms with Crippen LogP contribution in [0.2, 0.25) is 0 Å². The molecule has 2 aromatic heterocycles. The number of nitrogens with zero attached hydrogens (tertiary/aromatic N) is 1. The highest BCUT2D eigenvalue weighted by Crippen LogP contribution is 2.28. The van der Waals surface area contributed by atoms with Crippen molar-refractivity contribution in [2.24, 2.45) is 5.84 Å². The summed E-state index contributed by atoms with van der Waals surface area (Å²) in [4.78, 5) is 5.45. The van der Waals surface area contributed by atoms with E-state index in [0.29, 0.717) is 0 Å². The lowest BCUT2D eigenvalue weighted by Crippen LogP contribution is -2.06. The number of aromatic nitrogens is 1. The predicted octanol–water partition coefficient (Wildman–Crippen LogP) is 2.16. The molecule has 5 heteroatoms. The van der Waals surface area contributed by atoms with Crippen molar-refractivity contribution in [2.45, 2.75) is 0 Å². The first kappa shape index (κ1) is 7.72. The van der Waals surface area contributed by atoms with Gasteiger partial charge in [-0.1, -0.05) is 6.07 Å². The van der Waals surface area contributed by atoms with Crippen LogP contribution in [0.15, 0.2) is 22.9 Å². The largest absolute Gasteiger partial charge is 0.308 e. The van der Waals surface area contributed by atoms with Crippen molar-refractivity contribution in [3.63, 3.8) is 0 Å². The van der Waals surface area contributed by atoms with E-state index in [1.54, 1.807) is 22.7 Å². The van der Waals surface area contributed by atoms with E-state index in [-0.39, 0.29) is 0 Å². The van der Waals surface area contributed by atoms with Gasteiger partial charge < -0.3 is 5.43 Å². The van der Waals surface area contributed by atoms with Gasteiger partial charge in [0, 0.05) is 5.38 Å². The van der Waals surface area contributed by atoms with E-state index >= 15 is 0 Å². The highest BCUT2D eigenvalue weighted by molar-refractivity contribution is 7.20. The number of thiazole rings is 1. The first-order chi connectivity index (χ1) is 5.90. The molecule has 0 saturated carbocycles. The predicted molar refractivity (Wildman–Crippen MR) is 53.2 cm³/mol. The molecular formula is C7H7N3S2. The topological polar surface area (TPSA) is 50.9 Å². The van der Waals surface area contributed by atoms with Gasteiger partial charge in [0.05, 0.1) is 4.88 Å². The van der Waals surface area contributed by atoms with E-state index in [0.717, 1.165) is 10.8 Å². The molecule has 2 rings (SSSR count). The summed E-state index contributed by atoms with van der Waals surface area (Å²) in [6.45, 7) is 0. The minimum atomic E-state index is 0.725. The highest BCUT2D eigenvalue weighted by Gasteiger charge is 2.03. The van der Waals surface area contributed by atoms with Crippen molar-refractivity contribution >= 4 is 28.5 Å². The van der Waals surface area contributed by atoms with Crippen LogP contribution in [-0.4, -0.2) is 4.98 Å². The summed E-state index contributed by atoms with van der Waals surface area (Å²) in [5, 5.41) is 4.94. The summed E-state index contributed by atoms with van der Waals surface area (Å²) in [5.74, 6) is 5.94. The average molecular weight is 197 g/mol. The van der Waals surface area contributed by atoms with E-state index in [4.69, 9.17) is 5.84 Å². The Kier molecular flexibility index (Phi) is 2.07. The van der Waals surface area contributed by atoms with E-state index in [1.165, 1.54) is 4.88 Å². The maximum absolute atomic E-state index is 5.21. The summed E-state index contributed by atoms with van der Waals surface area (Å²) >= 11 is 3.27. The molecule has 0 fully saturated rings. The Bertz CT molecular complexity index is 352. The Morgan fingerprint density at radius 3 is 2.92 bits per heavy atom. The van der Waals surface area contributed by atoms with Crippen LogP contribution >= 0.6 is 22.7 Å². The number of hydrazine groups is 1. The van der Waals surface area contributed by atoms with Gasteiger partial charge in [-0.15, -0.1) is 22.7 Å². The Balaban J connectivity index is 2.35. The quantitative estimate of drug-likeness (QED) is 0.573. The van der Waals surface area contributed by atoms with Gasteiger partial charge in [-0.2, -0.15) is 0 Å². The van der Waals surface area contributed by atoms with Crippen LogP contribution < -0.4 is 11.3 Å². The fourth-order valence-corrected chi connectivity index (χ4v) is 2.43. The third-order valence-corrected chi connectivity index (χ3v) is 3.27. The van der Waals surface area contributed by atoms with Crippen LogP contribution in [0.3, 0.4) is 0 Å². The van der Waals surface area contributed by atoms with Gasteiger partial charge in [0.1, 0.15) is 5.01 Å². The maximum atomic E-state index is 5.21. The van der Waals surface area contributed by atoms with Gasteiger partial charge in [-0.25, -0.2) is 10.8 Å². The zero-order valence-electron chi connectivity index (χ0n) is 6.15. The number of thiophene rings is 1. The molecule has 12 heavy (non-hydrogen) atoms. The molecule has 0 aliphatic heterocycles. The minimum absolute atomic E-state index is 0.725. The second-order valence-corrected chi connectivity index (χ2v) is 3.97. The van der Waals surface area contributed by atoms with Crippen LogP contribution in [0.25, 0.3) is 9.88 Å². The molecule has 0 aliphatic carbocycles. The fourth-order valence-electron chi connectivity index (χ4n) is 0.853. The molecule has 0 aliphatic rings. The van der Waals surface area contributed by atoms with Crippen molar-refractivity contribution < 1.29 is 0 Å². The van der Waals surface area contributed by atoms with E-state index in [1.807, 2.05) is 22.9 Å². The molecule has 2 heterocycles. The second kappa shape index (κ2) is 3.22. The second-order valence-electron chi connectivity index (χ2n) is 2.16. The number of rotatable bonds is 2. The Morgan fingerprint density at radius 1 is 1.42 bits per heavy atom. The van der Waals surface area contributed by atoms with E-state index in [9.17, 15) is 0 Å². The normalized spacial score (nSPS) is 10.1. The molecule has 3 nitrogen and oxygen atoms in total. The zero-order valence-corrected chi connectivity index (χ0v) is 7.78. The number of anilines is 1. The van der Waals surface area contributed by atoms with Crippen LogP contribution in [0.1, 0.15) is 0 Å². The number of nitrogen functional groups attached to an aromatic ring is 1. The first-order valence-electron chi connectivity index (χ1n) is 3.36. The summed E-state index contributed by atoms with van der Waals surface area (Å²) in [6, 6.07) is 4.06. The smallest absolute Gasteiger partial charge is 0.151 e. The average Bonchev–Trinajstić information content (AvgIpc) is 2.75. The Hall–Kier alpha value is -0.910. The third-order valence-electron chi connectivity index (χ3n) is 1.38. The number of nitrogens with two attached hydrogens (primary N) is 1. The van der Waals surface area contributed by atoms with Crippen molar-refractivity contribution in [2.75, 3.05) is 5.43 Å². The molecule has 0 bridgehead atoms. The van der Waals surface area contributed by atoms with Crippen LogP contribution in [0.4, 0.5) is 5.82 Å². The molecule has 0 aromatic carbocycles. The van der Waals surface area contributed by atoms with Gasteiger partial charge >= 0.3 is 0 Å². The van der Waals surface area contributed by atoms with Crippen molar-refractivity contribution in [3.8, 4) is 9.88 Å². The summed E-state index contributed by atoms with van der Waals surface area (Å²) in [6.07, 6.45) is 0.